The molecule has 3 nitrogen and oxygen atoms in total. The average molecular weight is 288 g/mol. The van der Waals surface area contributed by atoms with Crippen LogP contribution < -0.4 is 10.6 Å². The first-order chi connectivity index (χ1) is 10.1. The van der Waals surface area contributed by atoms with Gasteiger partial charge in [0.2, 0.25) is 5.91 Å². The molecule has 0 saturated carbocycles. The van der Waals surface area contributed by atoms with E-state index in [1.54, 1.807) is 6.92 Å². The summed E-state index contributed by atoms with van der Waals surface area (Å²) in [4.78, 5) is 12.0. The first kappa shape index (κ1) is 13.7. The van der Waals surface area contributed by atoms with E-state index in [9.17, 15) is 13.6 Å². The number of halogens is 2. The summed E-state index contributed by atoms with van der Waals surface area (Å²) < 4.78 is 26.7. The number of hydrogen-bond acceptors (Lipinski definition) is 2. The first-order valence-electron chi connectivity index (χ1n) is 6.67. The maximum Gasteiger partial charge on any atom is 0.246 e. The quantitative estimate of drug-likeness (QED) is 0.909. The molecule has 1 aliphatic rings. The number of carbonyl (C=O) groups is 1. The third-order valence-corrected chi connectivity index (χ3v) is 3.64. The highest BCUT2D eigenvalue weighted by Gasteiger charge is 2.31. The van der Waals surface area contributed by atoms with Gasteiger partial charge >= 0.3 is 0 Å². The predicted molar refractivity (Wildman–Crippen MR) is 75.7 cm³/mol. The molecular formula is C16H14F2N2O. The molecule has 0 saturated heterocycles. The number of rotatable bonds is 3. The summed E-state index contributed by atoms with van der Waals surface area (Å²) in [5, 5.41) is 5.86. The molecule has 2 N–H and O–H groups in total. The number of carbonyl (C=O) groups excluding carboxylic acids is 1. The van der Waals surface area contributed by atoms with Crippen LogP contribution in [0.1, 0.15) is 30.1 Å². The van der Waals surface area contributed by atoms with Gasteiger partial charge < -0.3 is 5.32 Å². The van der Waals surface area contributed by atoms with Crippen molar-refractivity contribution in [3.05, 3.63) is 65.2 Å². The number of para-hydroxylation sites is 1. The van der Waals surface area contributed by atoms with Crippen LogP contribution in [0, 0.1) is 11.6 Å². The zero-order valence-corrected chi connectivity index (χ0v) is 11.4. The van der Waals surface area contributed by atoms with Crippen LogP contribution in [0.25, 0.3) is 0 Å². The summed E-state index contributed by atoms with van der Waals surface area (Å²) in [6.45, 7) is 1.74. The van der Waals surface area contributed by atoms with Gasteiger partial charge in [-0.1, -0.05) is 24.3 Å². The molecule has 2 aromatic rings. The molecule has 5 heteroatoms. The van der Waals surface area contributed by atoms with Gasteiger partial charge in [0.15, 0.2) is 0 Å². The Morgan fingerprint density at radius 2 is 1.95 bits per heavy atom. The van der Waals surface area contributed by atoms with Crippen LogP contribution >= 0.6 is 0 Å². The van der Waals surface area contributed by atoms with Gasteiger partial charge in [0, 0.05) is 28.9 Å². The van der Waals surface area contributed by atoms with Crippen molar-refractivity contribution < 1.29 is 13.6 Å². The fourth-order valence-corrected chi connectivity index (χ4v) is 2.57. The molecule has 0 fully saturated rings. The van der Waals surface area contributed by atoms with Gasteiger partial charge in [-0.25, -0.2) is 8.78 Å². The fourth-order valence-electron chi connectivity index (χ4n) is 2.57. The lowest BCUT2D eigenvalue weighted by molar-refractivity contribution is -0.117. The van der Waals surface area contributed by atoms with Crippen LogP contribution in [-0.2, 0) is 4.79 Å². The molecule has 0 aliphatic carbocycles. The fraction of sp³-hybridized carbons (Fsp3) is 0.188. The van der Waals surface area contributed by atoms with Crippen LogP contribution in [0.3, 0.4) is 0 Å². The zero-order valence-electron chi connectivity index (χ0n) is 11.4. The minimum atomic E-state index is -0.623. The molecule has 1 amide bonds. The van der Waals surface area contributed by atoms with E-state index in [2.05, 4.69) is 10.6 Å². The molecule has 2 unspecified atom stereocenters. The number of hydrogen-bond donors (Lipinski definition) is 2. The Kier molecular flexibility index (Phi) is 3.43. The van der Waals surface area contributed by atoms with E-state index in [4.69, 9.17) is 0 Å². The summed E-state index contributed by atoms with van der Waals surface area (Å²) in [7, 11) is 0. The van der Waals surface area contributed by atoms with Crippen molar-refractivity contribution in [1.29, 1.82) is 0 Å². The topological polar surface area (TPSA) is 41.1 Å². The maximum absolute atomic E-state index is 13.8. The van der Waals surface area contributed by atoms with E-state index in [0.717, 1.165) is 17.3 Å². The zero-order chi connectivity index (χ0) is 15.0. The van der Waals surface area contributed by atoms with Crippen molar-refractivity contribution in [1.82, 2.24) is 5.32 Å². The van der Waals surface area contributed by atoms with Crippen molar-refractivity contribution in [2.24, 2.45) is 0 Å². The molecule has 3 rings (SSSR count). The SMILES string of the molecule is CC(NC1C(=O)Nc2ccccc21)c1ccc(F)cc1F. The normalized spacial score (nSPS) is 18.2. The van der Waals surface area contributed by atoms with Crippen molar-refractivity contribution in [2.75, 3.05) is 5.32 Å². The Balaban J connectivity index is 1.85. The smallest absolute Gasteiger partial charge is 0.246 e. The van der Waals surface area contributed by atoms with Crippen molar-refractivity contribution >= 4 is 11.6 Å². The molecule has 2 aromatic carbocycles. The van der Waals surface area contributed by atoms with Gasteiger partial charge in [-0.15, -0.1) is 0 Å². The molecule has 0 aromatic heterocycles. The molecule has 2 atom stereocenters. The second-order valence-electron chi connectivity index (χ2n) is 5.06. The third kappa shape index (κ3) is 2.52. The summed E-state index contributed by atoms with van der Waals surface area (Å²) in [6.07, 6.45) is 0. The summed E-state index contributed by atoms with van der Waals surface area (Å²) in [5.74, 6) is -1.42. The molecule has 0 bridgehead atoms. The number of amides is 1. The predicted octanol–water partition coefficient (Wildman–Crippen LogP) is 3.31. The molecule has 0 spiro atoms. The molecular weight excluding hydrogens is 274 g/mol. The van der Waals surface area contributed by atoms with Gasteiger partial charge in [0.05, 0.1) is 0 Å². The van der Waals surface area contributed by atoms with Gasteiger partial charge in [-0.2, -0.15) is 0 Å². The molecule has 1 heterocycles. The summed E-state index contributed by atoms with van der Waals surface area (Å²) in [6, 6.07) is 9.82. The Morgan fingerprint density at radius 1 is 1.19 bits per heavy atom. The van der Waals surface area contributed by atoms with E-state index < -0.39 is 23.7 Å². The van der Waals surface area contributed by atoms with Gasteiger partial charge in [0.1, 0.15) is 17.7 Å². The van der Waals surface area contributed by atoms with Crippen LogP contribution in [-0.4, -0.2) is 5.91 Å². The standard InChI is InChI=1S/C16H14F2N2O/c1-9(11-7-6-10(17)8-13(11)18)19-15-12-4-2-3-5-14(12)20-16(15)21/h2-9,15,19H,1H3,(H,20,21). The van der Waals surface area contributed by atoms with Crippen LogP contribution in [0.5, 0.6) is 0 Å². The van der Waals surface area contributed by atoms with Crippen LogP contribution in [0.4, 0.5) is 14.5 Å². The third-order valence-electron chi connectivity index (χ3n) is 3.64. The highest BCUT2D eigenvalue weighted by molar-refractivity contribution is 6.02. The number of benzene rings is 2. The highest BCUT2D eigenvalue weighted by Crippen LogP contribution is 2.32. The number of nitrogens with one attached hydrogen (secondary N) is 2. The molecule has 108 valence electrons. The summed E-state index contributed by atoms with van der Waals surface area (Å²) in [5.41, 5.74) is 1.91. The Bertz CT molecular complexity index is 702. The highest BCUT2D eigenvalue weighted by atomic mass is 19.1. The van der Waals surface area contributed by atoms with E-state index in [1.165, 1.54) is 12.1 Å². The second kappa shape index (κ2) is 5.26. The lowest BCUT2D eigenvalue weighted by Gasteiger charge is -2.19. The Morgan fingerprint density at radius 3 is 2.71 bits per heavy atom. The van der Waals surface area contributed by atoms with Gasteiger partial charge in [0.25, 0.3) is 0 Å². The van der Waals surface area contributed by atoms with E-state index in [-0.39, 0.29) is 5.91 Å². The van der Waals surface area contributed by atoms with Crippen LogP contribution in [0.15, 0.2) is 42.5 Å². The largest absolute Gasteiger partial charge is 0.324 e. The van der Waals surface area contributed by atoms with Gasteiger partial charge in [-0.3, -0.25) is 10.1 Å². The van der Waals surface area contributed by atoms with Crippen molar-refractivity contribution in [3.8, 4) is 0 Å². The van der Waals surface area contributed by atoms with E-state index in [0.29, 0.717) is 5.56 Å². The van der Waals surface area contributed by atoms with E-state index in [1.807, 2.05) is 24.3 Å². The first-order valence-corrected chi connectivity index (χ1v) is 6.67. The second-order valence-corrected chi connectivity index (χ2v) is 5.06. The Labute approximate surface area is 121 Å². The molecule has 21 heavy (non-hydrogen) atoms. The minimum absolute atomic E-state index is 0.175. The molecule has 0 radical (unpaired) electrons. The Hall–Kier alpha value is -2.27. The number of anilines is 1. The maximum atomic E-state index is 13.8. The van der Waals surface area contributed by atoms with Gasteiger partial charge in [-0.05, 0) is 19.1 Å². The van der Waals surface area contributed by atoms with Crippen LogP contribution in [0.2, 0.25) is 0 Å². The molecule has 1 aliphatic heterocycles. The monoisotopic (exact) mass is 288 g/mol. The average Bonchev–Trinajstić information content (AvgIpc) is 2.75. The summed E-state index contributed by atoms with van der Waals surface area (Å²) >= 11 is 0. The number of fused-ring (bicyclic) bond motifs is 1. The van der Waals surface area contributed by atoms with E-state index >= 15 is 0 Å². The lowest BCUT2D eigenvalue weighted by Crippen LogP contribution is -2.30. The lowest BCUT2D eigenvalue weighted by atomic mass is 10.0. The minimum Gasteiger partial charge on any atom is -0.324 e. The van der Waals surface area contributed by atoms with Crippen molar-refractivity contribution in [2.45, 2.75) is 19.0 Å². The van der Waals surface area contributed by atoms with Crippen molar-refractivity contribution in [3.63, 3.8) is 0 Å².